The van der Waals surface area contributed by atoms with Gasteiger partial charge in [0.05, 0.1) is 39.7 Å². The molecule has 2 aliphatic rings. The van der Waals surface area contributed by atoms with Crippen LogP contribution in [0.5, 0.6) is 0 Å². The Labute approximate surface area is 320 Å². The first-order valence-electron chi connectivity index (χ1n) is 27.7. The van der Waals surface area contributed by atoms with Crippen LogP contribution in [0, 0.1) is 0 Å². The Morgan fingerprint density at radius 2 is 0.776 bits per heavy atom. The highest BCUT2D eigenvalue weighted by molar-refractivity contribution is 6.25. The van der Waals surface area contributed by atoms with Crippen molar-refractivity contribution < 1.29 is 34.3 Å². The van der Waals surface area contributed by atoms with Gasteiger partial charge in [0.1, 0.15) is 0 Å². The molecule has 2 aliphatic carbocycles. The summed E-state index contributed by atoms with van der Waals surface area (Å²) in [6, 6.07) is -12.0. The predicted molar refractivity (Wildman–Crippen MR) is 206 cm³/mol. The van der Waals surface area contributed by atoms with Crippen molar-refractivity contribution in [3.05, 3.63) is 204 Å². The monoisotopic (exact) mass is 643 g/mol. The van der Waals surface area contributed by atoms with E-state index in [-0.39, 0.29) is 60.1 Å². The topological polar surface area (TPSA) is 0 Å². The van der Waals surface area contributed by atoms with E-state index in [0.29, 0.717) is 0 Å². The van der Waals surface area contributed by atoms with E-state index >= 15 is 0 Å². The van der Waals surface area contributed by atoms with Gasteiger partial charge in [0, 0.05) is 0 Å². The summed E-state index contributed by atoms with van der Waals surface area (Å²) in [4.78, 5) is 0. The standard InChI is InChI=1S/C49H30/c1-2-15-33(32(14-1)31-28-29-38-36-18-4-3-16-34(36)35-17-5-6-19-37(35)43(38)30-31)41-23-13-27-47-48(41)42-22-9-12-26-46(42)49(47)44-24-10-7-20-39(44)40-21-8-11-25-45(40)49/h1-30H/i3D,4D,5D,6D,7D,8D,9D,10D,11D,12D,13D,16D,17D,18D,19D,20D,21D,22D,23D,24D,25D,26D,27D,28D,29D. The van der Waals surface area contributed by atoms with Gasteiger partial charge in [-0.1, -0.05) is 175 Å². The maximum absolute atomic E-state index is 9.78. The molecule has 0 heterocycles. The molecule has 0 heteroatoms. The van der Waals surface area contributed by atoms with E-state index < -0.39 is 195 Å². The molecular formula is C49H30. The fourth-order valence-electron chi connectivity index (χ4n) is 7.55. The lowest BCUT2D eigenvalue weighted by Gasteiger charge is -2.30. The minimum absolute atomic E-state index is 0.0378. The van der Waals surface area contributed by atoms with Gasteiger partial charge in [-0.05, 0) is 105 Å². The maximum atomic E-state index is 9.78. The van der Waals surface area contributed by atoms with Crippen LogP contribution in [0.15, 0.2) is 181 Å². The van der Waals surface area contributed by atoms with E-state index in [9.17, 15) is 15.1 Å². The lowest BCUT2D eigenvalue weighted by molar-refractivity contribution is 0.794. The van der Waals surface area contributed by atoms with Gasteiger partial charge in [-0.2, -0.15) is 0 Å². The minimum atomic E-state index is -2.63. The lowest BCUT2D eigenvalue weighted by Crippen LogP contribution is -2.25. The predicted octanol–water partition coefficient (Wildman–Crippen LogP) is 12.8. The number of benzene rings is 9. The summed E-state index contributed by atoms with van der Waals surface area (Å²) < 4.78 is 228. The Morgan fingerprint density at radius 1 is 0.327 bits per heavy atom. The second-order valence-corrected chi connectivity index (χ2v) is 11.6. The molecule has 0 aliphatic heterocycles. The van der Waals surface area contributed by atoms with Crippen molar-refractivity contribution in [2.75, 3.05) is 0 Å². The van der Waals surface area contributed by atoms with Gasteiger partial charge < -0.3 is 0 Å². The van der Waals surface area contributed by atoms with E-state index in [1.807, 2.05) is 0 Å². The van der Waals surface area contributed by atoms with Crippen molar-refractivity contribution >= 4 is 32.3 Å². The molecule has 9 aromatic carbocycles. The van der Waals surface area contributed by atoms with Crippen LogP contribution in [0.4, 0.5) is 0 Å². The van der Waals surface area contributed by atoms with E-state index in [0.717, 1.165) is 0 Å². The van der Waals surface area contributed by atoms with Crippen LogP contribution in [0.2, 0.25) is 0 Å². The highest BCUT2D eigenvalue weighted by Gasteiger charge is 2.51. The zero-order chi connectivity index (χ0) is 53.9. The smallest absolute Gasteiger partial charge is 0.0619 e. The summed E-state index contributed by atoms with van der Waals surface area (Å²) in [5.41, 5.74) is -6.96. The molecule has 0 amide bonds. The first kappa shape index (κ1) is 12.3. The number of fused-ring (bicyclic) bond motifs is 16. The SMILES string of the molecule is [2H]c1c([2H])c([2H])c2c(c1[2H])-c1c([2H])c([2H])c([2H])c([2H])c1C21c2c([2H])c([2H])c([2H])c([2H])c2-c2c(-c3ccccc3-c3cc4c(c([2H])c3[2H])c3c([2H])c([2H])c([2H])c([2H])c3c3c([2H])c([2H])c([2H])c([2H])c43)c([2H])c([2H])c([2H])c21. The van der Waals surface area contributed by atoms with Crippen LogP contribution in [0.1, 0.15) is 56.5 Å². The Hall–Kier alpha value is -6.24. The number of hydrogen-bond donors (Lipinski definition) is 0. The van der Waals surface area contributed by atoms with Crippen molar-refractivity contribution in [1.29, 1.82) is 0 Å². The molecule has 0 nitrogen and oxygen atoms in total. The van der Waals surface area contributed by atoms with Crippen LogP contribution in [-0.2, 0) is 5.41 Å². The molecule has 0 unspecified atom stereocenters. The van der Waals surface area contributed by atoms with Crippen molar-refractivity contribution in [2.45, 2.75) is 5.41 Å². The summed E-state index contributed by atoms with van der Waals surface area (Å²) in [7, 11) is 0. The Bertz CT molecular complexity index is 4140. The number of rotatable bonds is 2. The first-order valence-corrected chi connectivity index (χ1v) is 15.2. The molecular weight excluding hydrogens is 589 g/mol. The summed E-state index contributed by atoms with van der Waals surface area (Å²) in [6.45, 7) is 0. The van der Waals surface area contributed by atoms with E-state index in [4.69, 9.17) is 19.2 Å². The van der Waals surface area contributed by atoms with E-state index in [2.05, 4.69) is 0 Å². The van der Waals surface area contributed by atoms with Crippen molar-refractivity contribution in [3.63, 3.8) is 0 Å². The van der Waals surface area contributed by atoms with Gasteiger partial charge in [0.2, 0.25) is 0 Å². The van der Waals surface area contributed by atoms with Crippen molar-refractivity contribution in [3.8, 4) is 44.5 Å². The van der Waals surface area contributed by atoms with Gasteiger partial charge in [-0.25, -0.2) is 0 Å². The lowest BCUT2D eigenvalue weighted by atomic mass is 9.70. The molecule has 1 spiro atoms. The molecule has 0 bridgehead atoms. The Kier molecular flexibility index (Phi) is 2.49. The fourth-order valence-corrected chi connectivity index (χ4v) is 7.55. The minimum Gasteiger partial charge on any atom is -0.0619 e. The normalized spacial score (nSPS) is 20.6. The molecule has 0 N–H and O–H groups in total. The summed E-state index contributed by atoms with van der Waals surface area (Å²) in [5, 5.41) is -1.59. The Morgan fingerprint density at radius 3 is 1.41 bits per heavy atom. The third kappa shape index (κ3) is 3.43. The molecule has 0 saturated carbocycles. The van der Waals surface area contributed by atoms with Gasteiger partial charge in [0.15, 0.2) is 0 Å². The molecule has 0 fully saturated rings. The zero-order valence-electron chi connectivity index (χ0n) is 49.9. The fraction of sp³-hybridized carbons (Fsp3) is 0.0204. The highest BCUT2D eigenvalue weighted by Crippen LogP contribution is 2.64. The molecule has 0 atom stereocenters. The summed E-state index contributed by atoms with van der Waals surface area (Å²) in [5.74, 6) is 0. The molecule has 0 radical (unpaired) electrons. The maximum Gasteiger partial charge on any atom is 0.0725 e. The molecule has 0 saturated heterocycles. The molecule has 49 heavy (non-hydrogen) atoms. The summed E-state index contributed by atoms with van der Waals surface area (Å²) >= 11 is 0. The van der Waals surface area contributed by atoms with E-state index in [1.54, 1.807) is 0 Å². The Balaban J connectivity index is 1.37. The highest BCUT2D eigenvalue weighted by atomic mass is 14.5. The molecule has 0 aromatic heterocycles. The third-order valence-electron chi connectivity index (χ3n) is 9.45. The second-order valence-electron chi connectivity index (χ2n) is 11.6. The van der Waals surface area contributed by atoms with Crippen LogP contribution in [0.3, 0.4) is 0 Å². The van der Waals surface area contributed by atoms with Gasteiger partial charge in [-0.3, -0.25) is 0 Å². The molecule has 11 rings (SSSR count). The average Bonchev–Trinajstić information content (AvgIpc) is 3.87. The van der Waals surface area contributed by atoms with Crippen LogP contribution >= 0.6 is 0 Å². The second kappa shape index (κ2) is 9.89. The third-order valence-corrected chi connectivity index (χ3v) is 9.45. The number of hydrogen-bond acceptors (Lipinski definition) is 0. The van der Waals surface area contributed by atoms with E-state index in [1.165, 1.54) is 30.3 Å². The molecule has 226 valence electrons. The van der Waals surface area contributed by atoms with Crippen molar-refractivity contribution in [1.82, 2.24) is 0 Å². The van der Waals surface area contributed by atoms with Crippen LogP contribution < -0.4 is 0 Å². The van der Waals surface area contributed by atoms with Gasteiger partial charge in [0.25, 0.3) is 0 Å². The van der Waals surface area contributed by atoms with Crippen LogP contribution in [0.25, 0.3) is 76.8 Å². The summed E-state index contributed by atoms with van der Waals surface area (Å²) in [6.07, 6.45) is 0. The average molecular weight is 644 g/mol. The van der Waals surface area contributed by atoms with Gasteiger partial charge in [-0.15, -0.1) is 0 Å². The van der Waals surface area contributed by atoms with Crippen LogP contribution in [-0.4, -0.2) is 0 Å². The largest absolute Gasteiger partial charge is 0.0725 e. The first-order chi connectivity index (χ1) is 34.7. The van der Waals surface area contributed by atoms with Crippen molar-refractivity contribution in [2.24, 2.45) is 0 Å². The van der Waals surface area contributed by atoms with Gasteiger partial charge >= 0.3 is 0 Å². The molecule has 9 aromatic rings. The zero-order valence-corrected chi connectivity index (χ0v) is 24.9. The quantitative estimate of drug-likeness (QED) is 0.164.